The van der Waals surface area contributed by atoms with Crippen LogP contribution in [-0.4, -0.2) is 55.2 Å². The predicted molar refractivity (Wildman–Crippen MR) is 122 cm³/mol. The second-order valence-electron chi connectivity index (χ2n) is 7.73. The number of fused-ring (bicyclic) bond motifs is 1. The molecule has 0 radical (unpaired) electrons. The predicted octanol–water partition coefficient (Wildman–Crippen LogP) is 3.47. The fourth-order valence-electron chi connectivity index (χ4n) is 3.81. The van der Waals surface area contributed by atoms with Crippen LogP contribution in [0.3, 0.4) is 0 Å². The molecular weight excluding hydrogens is 398 g/mol. The van der Waals surface area contributed by atoms with Crippen molar-refractivity contribution in [3.05, 3.63) is 41.0 Å². The number of aromatic nitrogens is 2. The van der Waals surface area contributed by atoms with Crippen LogP contribution in [0, 0.1) is 6.92 Å². The molecule has 1 aromatic carbocycles. The van der Waals surface area contributed by atoms with Crippen molar-refractivity contribution in [2.24, 2.45) is 0 Å². The molecule has 0 saturated carbocycles. The highest BCUT2D eigenvalue weighted by molar-refractivity contribution is 7.20. The van der Waals surface area contributed by atoms with E-state index in [0.717, 1.165) is 58.4 Å². The summed E-state index contributed by atoms with van der Waals surface area (Å²) in [5.74, 6) is 1.75. The highest BCUT2D eigenvalue weighted by Gasteiger charge is 2.24. The van der Waals surface area contributed by atoms with Gasteiger partial charge in [-0.05, 0) is 50.6 Å². The summed E-state index contributed by atoms with van der Waals surface area (Å²) in [5.41, 5.74) is 2.16. The second kappa shape index (κ2) is 8.47. The third-order valence-electron chi connectivity index (χ3n) is 5.35. The first kappa shape index (κ1) is 20.4. The van der Waals surface area contributed by atoms with E-state index in [4.69, 9.17) is 4.74 Å². The number of aryl methyl sites for hydroxylation is 1. The van der Waals surface area contributed by atoms with Crippen molar-refractivity contribution >= 4 is 39.0 Å². The molecule has 1 amide bonds. The van der Waals surface area contributed by atoms with Gasteiger partial charge < -0.3 is 19.9 Å². The van der Waals surface area contributed by atoms with Crippen LogP contribution in [0.25, 0.3) is 10.2 Å². The van der Waals surface area contributed by atoms with E-state index >= 15 is 0 Å². The molecule has 1 saturated heterocycles. The summed E-state index contributed by atoms with van der Waals surface area (Å²) in [7, 11) is 1.68. The molecule has 3 heterocycles. The normalized spacial score (nSPS) is 14.4. The number of benzene rings is 1. The number of nitrogens with zero attached hydrogens (tertiary/aromatic N) is 4. The van der Waals surface area contributed by atoms with Crippen molar-refractivity contribution < 1.29 is 9.53 Å². The molecule has 1 aliphatic rings. The van der Waals surface area contributed by atoms with Crippen LogP contribution < -0.4 is 19.9 Å². The molecule has 3 aromatic rings. The van der Waals surface area contributed by atoms with Crippen LogP contribution in [0.15, 0.2) is 30.6 Å². The number of ether oxygens (including phenoxy) is 1. The monoisotopic (exact) mass is 425 g/mol. The van der Waals surface area contributed by atoms with Gasteiger partial charge in [-0.3, -0.25) is 4.79 Å². The largest absolute Gasteiger partial charge is 0.497 e. The Bertz CT molecular complexity index is 1040. The number of thiophene rings is 1. The molecule has 1 N–H and O–H groups in total. The Kier molecular flexibility index (Phi) is 5.76. The van der Waals surface area contributed by atoms with Crippen LogP contribution in [0.1, 0.15) is 29.1 Å². The Balaban J connectivity index is 1.55. The SMILES string of the molecule is COc1ccc(N2CCN(c3ncnc4sc(C(=O)NC(C)C)c(C)c34)CC2)cc1. The zero-order valence-electron chi connectivity index (χ0n) is 17.8. The van der Waals surface area contributed by atoms with Crippen LogP contribution in [-0.2, 0) is 0 Å². The van der Waals surface area contributed by atoms with Crippen LogP contribution in [0.4, 0.5) is 11.5 Å². The van der Waals surface area contributed by atoms with Crippen LogP contribution in [0.2, 0.25) is 0 Å². The third-order valence-corrected chi connectivity index (χ3v) is 6.55. The van der Waals surface area contributed by atoms with Gasteiger partial charge in [0.1, 0.15) is 22.7 Å². The molecule has 8 heteroatoms. The summed E-state index contributed by atoms with van der Waals surface area (Å²) in [4.78, 5) is 27.9. The molecule has 1 aliphatic heterocycles. The van der Waals surface area contributed by atoms with Crippen molar-refractivity contribution in [2.75, 3.05) is 43.1 Å². The smallest absolute Gasteiger partial charge is 0.261 e. The molecule has 0 aliphatic carbocycles. The second-order valence-corrected chi connectivity index (χ2v) is 8.73. The molecule has 4 rings (SSSR count). The quantitative estimate of drug-likeness (QED) is 0.675. The van der Waals surface area contributed by atoms with Crippen molar-refractivity contribution in [2.45, 2.75) is 26.8 Å². The molecule has 0 unspecified atom stereocenters. The van der Waals surface area contributed by atoms with Gasteiger partial charge in [0.2, 0.25) is 0 Å². The van der Waals surface area contributed by atoms with Gasteiger partial charge in [0.05, 0.1) is 17.4 Å². The molecule has 0 spiro atoms. The van der Waals surface area contributed by atoms with E-state index < -0.39 is 0 Å². The number of anilines is 2. The Labute approximate surface area is 180 Å². The van der Waals surface area contributed by atoms with Crippen molar-refractivity contribution in [3.63, 3.8) is 0 Å². The summed E-state index contributed by atoms with van der Waals surface area (Å²) >= 11 is 1.44. The lowest BCUT2D eigenvalue weighted by atomic mass is 10.1. The minimum absolute atomic E-state index is 0.0409. The number of carbonyl (C=O) groups is 1. The number of rotatable bonds is 5. The maximum Gasteiger partial charge on any atom is 0.261 e. The summed E-state index contributed by atoms with van der Waals surface area (Å²) in [6, 6.07) is 8.28. The Morgan fingerprint density at radius 3 is 2.40 bits per heavy atom. The number of hydrogen-bond acceptors (Lipinski definition) is 7. The number of nitrogens with one attached hydrogen (secondary N) is 1. The van der Waals surface area contributed by atoms with E-state index in [9.17, 15) is 4.79 Å². The number of carbonyl (C=O) groups excluding carboxylic acids is 1. The summed E-state index contributed by atoms with van der Waals surface area (Å²) in [6.07, 6.45) is 1.60. The molecule has 1 fully saturated rings. The summed E-state index contributed by atoms with van der Waals surface area (Å²) in [6.45, 7) is 9.46. The van der Waals surface area contributed by atoms with Gasteiger partial charge in [-0.25, -0.2) is 9.97 Å². The Hall–Kier alpha value is -2.87. The zero-order valence-corrected chi connectivity index (χ0v) is 18.6. The van der Waals surface area contributed by atoms with E-state index in [1.807, 2.05) is 32.9 Å². The fourth-order valence-corrected chi connectivity index (χ4v) is 4.85. The minimum Gasteiger partial charge on any atom is -0.497 e. The summed E-state index contributed by atoms with van der Waals surface area (Å²) < 4.78 is 5.25. The number of amides is 1. The van der Waals surface area contributed by atoms with Crippen molar-refractivity contribution in [1.82, 2.24) is 15.3 Å². The average Bonchev–Trinajstić information content (AvgIpc) is 3.10. The van der Waals surface area contributed by atoms with Crippen molar-refractivity contribution in [1.29, 1.82) is 0 Å². The topological polar surface area (TPSA) is 70.6 Å². The molecule has 158 valence electrons. The fraction of sp³-hybridized carbons (Fsp3) is 0.409. The summed E-state index contributed by atoms with van der Waals surface area (Å²) in [5, 5.41) is 3.98. The average molecular weight is 426 g/mol. The molecular formula is C22H27N5O2S. The highest BCUT2D eigenvalue weighted by atomic mass is 32.1. The lowest BCUT2D eigenvalue weighted by Gasteiger charge is -2.37. The van der Waals surface area contributed by atoms with Gasteiger partial charge in [-0.2, -0.15) is 0 Å². The first-order chi connectivity index (χ1) is 14.5. The van der Waals surface area contributed by atoms with E-state index in [1.54, 1.807) is 13.4 Å². The molecule has 0 bridgehead atoms. The lowest BCUT2D eigenvalue weighted by Crippen LogP contribution is -2.46. The first-order valence-electron chi connectivity index (χ1n) is 10.2. The maximum absolute atomic E-state index is 12.6. The molecule has 7 nitrogen and oxygen atoms in total. The number of piperazine rings is 1. The van der Waals surface area contributed by atoms with Crippen molar-refractivity contribution in [3.8, 4) is 5.75 Å². The van der Waals surface area contributed by atoms with Crippen LogP contribution >= 0.6 is 11.3 Å². The number of hydrogen-bond donors (Lipinski definition) is 1. The van der Waals surface area contributed by atoms with E-state index in [1.165, 1.54) is 17.0 Å². The van der Waals surface area contributed by atoms with Crippen LogP contribution in [0.5, 0.6) is 5.75 Å². The highest BCUT2D eigenvalue weighted by Crippen LogP contribution is 2.35. The van der Waals surface area contributed by atoms with Gasteiger partial charge in [0.15, 0.2) is 0 Å². The van der Waals surface area contributed by atoms with E-state index in [-0.39, 0.29) is 11.9 Å². The van der Waals surface area contributed by atoms with Gasteiger partial charge in [0, 0.05) is 37.9 Å². The van der Waals surface area contributed by atoms with E-state index in [0.29, 0.717) is 0 Å². The number of methoxy groups -OCH3 is 1. The van der Waals surface area contributed by atoms with Gasteiger partial charge in [0.25, 0.3) is 5.91 Å². The maximum atomic E-state index is 12.6. The lowest BCUT2D eigenvalue weighted by molar-refractivity contribution is 0.0947. The van der Waals surface area contributed by atoms with Gasteiger partial charge in [-0.15, -0.1) is 11.3 Å². The first-order valence-corrected chi connectivity index (χ1v) is 11.0. The van der Waals surface area contributed by atoms with Gasteiger partial charge in [-0.1, -0.05) is 0 Å². The van der Waals surface area contributed by atoms with E-state index in [2.05, 4.69) is 37.2 Å². The molecule has 0 atom stereocenters. The third kappa shape index (κ3) is 3.92. The molecule has 30 heavy (non-hydrogen) atoms. The minimum atomic E-state index is -0.0409. The molecule has 2 aromatic heterocycles. The standard InChI is InChI=1S/C22H27N5O2S/c1-14(2)25-21(28)19-15(3)18-20(23-13-24-22(18)30-19)27-11-9-26(10-12-27)16-5-7-17(29-4)8-6-16/h5-8,13-14H,9-12H2,1-4H3,(H,25,28). The zero-order chi connectivity index (χ0) is 21.3. The van der Waals surface area contributed by atoms with Gasteiger partial charge >= 0.3 is 0 Å². The Morgan fingerprint density at radius 1 is 1.10 bits per heavy atom. The Morgan fingerprint density at radius 2 is 1.77 bits per heavy atom.